The predicted octanol–water partition coefficient (Wildman–Crippen LogP) is 3.63. The number of hydrogen-bond donors (Lipinski definition) is 2. The topological polar surface area (TPSA) is 132 Å². The lowest BCUT2D eigenvalue weighted by atomic mass is 10.2. The molecule has 0 fully saturated rings. The summed E-state index contributed by atoms with van der Waals surface area (Å²) in [5, 5.41) is 13.6. The number of aryl methyl sites for hydroxylation is 1. The third-order valence-electron chi connectivity index (χ3n) is 4.31. The SMILES string of the molecule is Cc1ccc(NC(=O)/C=C/c2ccc(S(=O)(=O)NCc3ccco3)cc2)cc1[N+](=O)[O-]. The van der Waals surface area contributed by atoms with Gasteiger partial charge in [0.15, 0.2) is 0 Å². The highest BCUT2D eigenvalue weighted by molar-refractivity contribution is 7.89. The van der Waals surface area contributed by atoms with Crippen LogP contribution in [0.4, 0.5) is 11.4 Å². The molecule has 0 unspecified atom stereocenters. The van der Waals surface area contributed by atoms with Crippen LogP contribution in [0.15, 0.2) is 76.2 Å². The van der Waals surface area contributed by atoms with Crippen LogP contribution in [-0.2, 0) is 21.4 Å². The van der Waals surface area contributed by atoms with Gasteiger partial charge in [-0.15, -0.1) is 0 Å². The van der Waals surface area contributed by atoms with Gasteiger partial charge in [0.25, 0.3) is 5.69 Å². The zero-order chi connectivity index (χ0) is 22.4. The van der Waals surface area contributed by atoms with E-state index in [0.717, 1.165) is 0 Å². The fourth-order valence-corrected chi connectivity index (χ4v) is 3.65. The molecule has 0 radical (unpaired) electrons. The lowest BCUT2D eigenvalue weighted by Gasteiger charge is -2.06. The molecule has 0 saturated carbocycles. The Kier molecular flexibility index (Phi) is 6.63. The van der Waals surface area contributed by atoms with Gasteiger partial charge in [-0.1, -0.05) is 18.2 Å². The maximum absolute atomic E-state index is 12.3. The van der Waals surface area contributed by atoms with E-state index in [-0.39, 0.29) is 17.1 Å². The number of benzene rings is 2. The van der Waals surface area contributed by atoms with Crippen molar-refractivity contribution in [3.05, 3.63) is 93.9 Å². The summed E-state index contributed by atoms with van der Waals surface area (Å²) in [5.41, 5.74) is 1.32. The minimum Gasteiger partial charge on any atom is -0.468 e. The maximum Gasteiger partial charge on any atom is 0.274 e. The van der Waals surface area contributed by atoms with Gasteiger partial charge in [0.1, 0.15) is 5.76 Å². The number of rotatable bonds is 8. The van der Waals surface area contributed by atoms with Crippen molar-refractivity contribution in [1.82, 2.24) is 4.72 Å². The highest BCUT2D eigenvalue weighted by Crippen LogP contribution is 2.22. The number of sulfonamides is 1. The van der Waals surface area contributed by atoms with Gasteiger partial charge < -0.3 is 9.73 Å². The van der Waals surface area contributed by atoms with Crippen molar-refractivity contribution >= 4 is 33.4 Å². The molecule has 0 aliphatic heterocycles. The number of hydrogen-bond acceptors (Lipinski definition) is 6. The molecule has 10 heteroatoms. The van der Waals surface area contributed by atoms with E-state index in [0.29, 0.717) is 22.6 Å². The molecule has 0 bridgehead atoms. The number of anilines is 1. The van der Waals surface area contributed by atoms with Gasteiger partial charge >= 0.3 is 0 Å². The van der Waals surface area contributed by atoms with E-state index < -0.39 is 20.9 Å². The van der Waals surface area contributed by atoms with Gasteiger partial charge in [-0.25, -0.2) is 13.1 Å². The van der Waals surface area contributed by atoms with Crippen LogP contribution in [0.5, 0.6) is 0 Å². The van der Waals surface area contributed by atoms with Crippen molar-refractivity contribution in [2.75, 3.05) is 5.32 Å². The molecular weight excluding hydrogens is 422 g/mol. The summed E-state index contributed by atoms with van der Waals surface area (Å²) in [6.07, 6.45) is 4.22. The number of carbonyl (C=O) groups excluding carboxylic acids is 1. The zero-order valence-corrected chi connectivity index (χ0v) is 17.3. The summed E-state index contributed by atoms with van der Waals surface area (Å²) in [4.78, 5) is 22.7. The standard InChI is InChI=1S/C21H19N3O6S/c1-15-4-8-17(13-20(15)24(26)27)23-21(25)11-7-16-5-9-19(10-6-16)31(28,29)22-14-18-3-2-12-30-18/h2-13,22H,14H2,1H3,(H,23,25)/b11-7+. The minimum absolute atomic E-state index is 0.0360. The van der Waals surface area contributed by atoms with E-state index in [2.05, 4.69) is 10.0 Å². The van der Waals surface area contributed by atoms with Crippen LogP contribution in [0.3, 0.4) is 0 Å². The number of nitrogens with one attached hydrogen (secondary N) is 2. The normalized spacial score (nSPS) is 11.5. The first kappa shape index (κ1) is 21.9. The van der Waals surface area contributed by atoms with Crippen LogP contribution in [0.2, 0.25) is 0 Å². The average Bonchev–Trinajstić information content (AvgIpc) is 3.26. The molecular formula is C21H19N3O6S. The second kappa shape index (κ2) is 9.37. The lowest BCUT2D eigenvalue weighted by molar-refractivity contribution is -0.385. The summed E-state index contributed by atoms with van der Waals surface area (Å²) < 4.78 is 32.2. The molecule has 2 N–H and O–H groups in total. The average molecular weight is 441 g/mol. The van der Waals surface area contributed by atoms with Crippen LogP contribution < -0.4 is 10.0 Å². The van der Waals surface area contributed by atoms with Gasteiger partial charge in [0, 0.05) is 23.4 Å². The van der Waals surface area contributed by atoms with E-state index in [9.17, 15) is 23.3 Å². The number of nitro groups is 1. The molecule has 0 spiro atoms. The Hall–Kier alpha value is -3.76. The lowest BCUT2D eigenvalue weighted by Crippen LogP contribution is -2.22. The Morgan fingerprint density at radius 1 is 1.16 bits per heavy atom. The van der Waals surface area contributed by atoms with Crippen molar-refractivity contribution in [1.29, 1.82) is 0 Å². The molecule has 0 atom stereocenters. The second-order valence-corrected chi connectivity index (χ2v) is 8.32. The first-order chi connectivity index (χ1) is 14.7. The monoisotopic (exact) mass is 441 g/mol. The molecule has 2 aromatic carbocycles. The van der Waals surface area contributed by atoms with Crippen LogP contribution in [0.25, 0.3) is 6.08 Å². The molecule has 3 rings (SSSR count). The van der Waals surface area contributed by atoms with Crippen molar-refractivity contribution in [2.45, 2.75) is 18.4 Å². The highest BCUT2D eigenvalue weighted by Gasteiger charge is 2.14. The Bertz CT molecular complexity index is 1220. The number of furan rings is 1. The number of carbonyl (C=O) groups is 1. The van der Waals surface area contributed by atoms with Crippen LogP contribution in [-0.4, -0.2) is 19.2 Å². The molecule has 0 aliphatic rings. The fraction of sp³-hybridized carbons (Fsp3) is 0.0952. The zero-order valence-electron chi connectivity index (χ0n) is 16.4. The minimum atomic E-state index is -3.71. The van der Waals surface area contributed by atoms with Gasteiger partial charge in [-0.2, -0.15) is 0 Å². The number of nitrogens with zero attached hydrogens (tertiary/aromatic N) is 1. The number of amides is 1. The van der Waals surface area contributed by atoms with E-state index in [1.165, 1.54) is 36.6 Å². The summed E-state index contributed by atoms with van der Waals surface area (Å²) in [7, 11) is -3.71. The molecule has 3 aromatic rings. The Morgan fingerprint density at radius 3 is 2.55 bits per heavy atom. The molecule has 31 heavy (non-hydrogen) atoms. The molecule has 1 heterocycles. The van der Waals surface area contributed by atoms with E-state index in [1.807, 2.05) is 0 Å². The third kappa shape index (κ3) is 5.87. The quantitative estimate of drug-likeness (QED) is 0.312. The van der Waals surface area contributed by atoms with E-state index in [1.54, 1.807) is 43.3 Å². The van der Waals surface area contributed by atoms with Crippen LogP contribution >= 0.6 is 0 Å². The van der Waals surface area contributed by atoms with Gasteiger partial charge in [-0.05, 0) is 48.9 Å². The van der Waals surface area contributed by atoms with Crippen molar-refractivity contribution in [3.63, 3.8) is 0 Å². The van der Waals surface area contributed by atoms with E-state index in [4.69, 9.17) is 4.42 Å². The Labute approximate surface area is 178 Å². The summed E-state index contributed by atoms with van der Waals surface area (Å²) in [6.45, 7) is 1.65. The van der Waals surface area contributed by atoms with E-state index >= 15 is 0 Å². The molecule has 9 nitrogen and oxygen atoms in total. The van der Waals surface area contributed by atoms with Crippen LogP contribution in [0.1, 0.15) is 16.9 Å². The Morgan fingerprint density at radius 2 is 1.90 bits per heavy atom. The van der Waals surface area contributed by atoms with Gasteiger partial charge in [0.05, 0.1) is 22.6 Å². The molecule has 0 aliphatic carbocycles. The highest BCUT2D eigenvalue weighted by atomic mass is 32.2. The van der Waals surface area contributed by atoms with Crippen LogP contribution in [0, 0.1) is 17.0 Å². The summed E-state index contributed by atoms with van der Waals surface area (Å²) in [6, 6.07) is 13.7. The molecule has 1 aromatic heterocycles. The summed E-state index contributed by atoms with van der Waals surface area (Å²) >= 11 is 0. The Balaban J connectivity index is 1.62. The fourth-order valence-electron chi connectivity index (χ4n) is 2.66. The predicted molar refractivity (Wildman–Crippen MR) is 115 cm³/mol. The third-order valence-corrected chi connectivity index (χ3v) is 5.72. The molecule has 0 saturated heterocycles. The van der Waals surface area contributed by atoms with Crippen molar-refractivity contribution < 1.29 is 22.6 Å². The maximum atomic E-state index is 12.3. The van der Waals surface area contributed by atoms with Crippen molar-refractivity contribution in [2.24, 2.45) is 0 Å². The first-order valence-corrected chi connectivity index (χ1v) is 10.6. The van der Waals surface area contributed by atoms with Gasteiger partial charge in [-0.3, -0.25) is 14.9 Å². The smallest absolute Gasteiger partial charge is 0.274 e. The summed E-state index contributed by atoms with van der Waals surface area (Å²) in [5.74, 6) is 0.0167. The number of nitro benzene ring substituents is 1. The largest absolute Gasteiger partial charge is 0.468 e. The molecule has 1 amide bonds. The second-order valence-electron chi connectivity index (χ2n) is 6.55. The van der Waals surface area contributed by atoms with Gasteiger partial charge in [0.2, 0.25) is 15.9 Å². The first-order valence-electron chi connectivity index (χ1n) is 9.11. The van der Waals surface area contributed by atoms with Crippen molar-refractivity contribution in [3.8, 4) is 0 Å². The molecule has 160 valence electrons.